The van der Waals surface area contributed by atoms with Crippen LogP contribution in [0.15, 0.2) is 24.3 Å². The number of nitrogens with zero attached hydrogens (tertiary/aromatic N) is 1. The summed E-state index contributed by atoms with van der Waals surface area (Å²) in [7, 11) is 3.35. The first kappa shape index (κ1) is 10.7. The van der Waals surface area contributed by atoms with Gasteiger partial charge in [0, 0.05) is 7.05 Å². The first-order valence-corrected chi connectivity index (χ1v) is 4.50. The molecule has 1 rings (SSSR count). The normalized spacial score (nSPS) is 9.36. The predicted octanol–water partition coefficient (Wildman–Crippen LogP) is 0.880. The number of rotatable bonds is 2. The smallest absolute Gasteiger partial charge is 0.187 e. The van der Waals surface area contributed by atoms with Gasteiger partial charge in [0.15, 0.2) is 5.11 Å². The maximum Gasteiger partial charge on any atom is 0.187 e. The van der Waals surface area contributed by atoms with Gasteiger partial charge >= 0.3 is 0 Å². The van der Waals surface area contributed by atoms with E-state index in [2.05, 4.69) is 5.32 Å². The largest absolute Gasteiger partial charge is 0.497 e. The Morgan fingerprint density at radius 3 is 2.43 bits per heavy atom. The Balaban J connectivity index is 2.81. The van der Waals surface area contributed by atoms with E-state index in [-0.39, 0.29) is 0 Å². The molecule has 0 aliphatic heterocycles. The highest BCUT2D eigenvalue weighted by Gasteiger charge is 2.04. The maximum absolute atomic E-state index is 5.73. The Morgan fingerprint density at radius 1 is 1.43 bits per heavy atom. The highest BCUT2D eigenvalue weighted by molar-refractivity contribution is 7.80. The molecule has 1 aromatic rings. The van der Waals surface area contributed by atoms with E-state index in [1.807, 2.05) is 24.3 Å². The van der Waals surface area contributed by atoms with Crippen LogP contribution in [-0.4, -0.2) is 19.3 Å². The molecule has 0 heterocycles. The van der Waals surface area contributed by atoms with E-state index >= 15 is 0 Å². The van der Waals surface area contributed by atoms with Gasteiger partial charge in [-0.1, -0.05) is 0 Å². The Hall–Kier alpha value is -1.33. The summed E-state index contributed by atoms with van der Waals surface area (Å²) in [6.45, 7) is 0. The summed E-state index contributed by atoms with van der Waals surface area (Å²) >= 11 is 4.98. The van der Waals surface area contributed by atoms with E-state index < -0.39 is 0 Å². The van der Waals surface area contributed by atoms with Crippen LogP contribution < -0.4 is 20.9 Å². The molecule has 0 bridgehead atoms. The molecule has 0 radical (unpaired) electrons. The molecule has 0 amide bonds. The lowest BCUT2D eigenvalue weighted by Crippen LogP contribution is -2.43. The fourth-order valence-corrected chi connectivity index (χ4v) is 1.09. The molecular weight excluding hydrogens is 198 g/mol. The minimum Gasteiger partial charge on any atom is -0.497 e. The summed E-state index contributed by atoms with van der Waals surface area (Å²) in [6.07, 6.45) is 0. The summed E-state index contributed by atoms with van der Waals surface area (Å²) in [5, 5.41) is 4.66. The standard InChI is InChI=1S/C9H13N3OS/c1-11-9(14)12(10)7-3-5-8(13-2)6-4-7/h3-6H,10H2,1-2H3,(H,11,14). The van der Waals surface area contributed by atoms with Crippen molar-refractivity contribution in [3.05, 3.63) is 24.3 Å². The van der Waals surface area contributed by atoms with Crippen LogP contribution in [0.1, 0.15) is 0 Å². The Labute approximate surface area is 88.6 Å². The van der Waals surface area contributed by atoms with Gasteiger partial charge in [-0.05, 0) is 36.5 Å². The van der Waals surface area contributed by atoms with E-state index in [1.165, 1.54) is 5.01 Å². The average Bonchev–Trinajstić information content (AvgIpc) is 2.27. The quantitative estimate of drug-likeness (QED) is 0.432. The molecule has 4 nitrogen and oxygen atoms in total. The number of nitrogens with one attached hydrogen (secondary N) is 1. The minimum absolute atomic E-state index is 0.468. The minimum atomic E-state index is 0.468. The van der Waals surface area contributed by atoms with E-state index in [1.54, 1.807) is 14.2 Å². The van der Waals surface area contributed by atoms with Crippen molar-refractivity contribution in [1.82, 2.24) is 5.32 Å². The molecule has 0 aromatic heterocycles. The zero-order valence-corrected chi connectivity index (χ0v) is 8.97. The van der Waals surface area contributed by atoms with Crippen molar-refractivity contribution in [3.8, 4) is 5.75 Å². The molecule has 0 saturated heterocycles. The molecule has 0 atom stereocenters. The molecule has 0 spiro atoms. The van der Waals surface area contributed by atoms with Gasteiger partial charge < -0.3 is 10.1 Å². The molecule has 0 unspecified atom stereocenters. The summed E-state index contributed by atoms with van der Waals surface area (Å²) in [5.74, 6) is 6.52. The summed E-state index contributed by atoms with van der Waals surface area (Å²) in [6, 6.07) is 7.33. The molecule has 1 aromatic carbocycles. The second kappa shape index (κ2) is 4.78. The van der Waals surface area contributed by atoms with Crippen molar-refractivity contribution in [2.75, 3.05) is 19.2 Å². The highest BCUT2D eigenvalue weighted by Crippen LogP contribution is 2.16. The molecule has 14 heavy (non-hydrogen) atoms. The predicted molar refractivity (Wildman–Crippen MR) is 61.3 cm³/mol. The zero-order chi connectivity index (χ0) is 10.6. The summed E-state index contributed by atoms with van der Waals surface area (Å²) < 4.78 is 5.03. The number of thiocarbonyl (C=S) groups is 1. The zero-order valence-electron chi connectivity index (χ0n) is 8.15. The molecule has 0 aliphatic rings. The highest BCUT2D eigenvalue weighted by atomic mass is 32.1. The Morgan fingerprint density at radius 2 is 2.00 bits per heavy atom. The van der Waals surface area contributed by atoms with Gasteiger partial charge in [-0.3, -0.25) is 5.01 Å². The fraction of sp³-hybridized carbons (Fsp3) is 0.222. The number of hydrazine groups is 1. The van der Waals surface area contributed by atoms with Crippen LogP contribution in [0.2, 0.25) is 0 Å². The van der Waals surface area contributed by atoms with Gasteiger partial charge in [-0.2, -0.15) is 0 Å². The van der Waals surface area contributed by atoms with Crippen molar-refractivity contribution in [1.29, 1.82) is 0 Å². The summed E-state index contributed by atoms with van der Waals surface area (Å²) in [5.41, 5.74) is 0.810. The third-order valence-corrected chi connectivity index (χ3v) is 2.18. The molecule has 0 aliphatic carbocycles. The number of methoxy groups -OCH3 is 1. The first-order valence-electron chi connectivity index (χ1n) is 4.09. The Kier molecular flexibility index (Phi) is 3.67. The van der Waals surface area contributed by atoms with E-state index in [9.17, 15) is 0 Å². The SMILES string of the molecule is CNC(=S)N(N)c1ccc(OC)cc1. The third kappa shape index (κ3) is 2.34. The van der Waals surface area contributed by atoms with Crippen molar-refractivity contribution in [3.63, 3.8) is 0 Å². The van der Waals surface area contributed by atoms with E-state index in [0.29, 0.717) is 5.11 Å². The number of hydrogen-bond donors (Lipinski definition) is 2. The van der Waals surface area contributed by atoms with Gasteiger partial charge in [-0.25, -0.2) is 5.84 Å². The molecule has 3 N–H and O–H groups in total. The topological polar surface area (TPSA) is 50.5 Å². The van der Waals surface area contributed by atoms with Crippen LogP contribution in [0.25, 0.3) is 0 Å². The molecular formula is C9H13N3OS. The molecule has 0 saturated carbocycles. The van der Waals surface area contributed by atoms with Crippen LogP contribution in [0.3, 0.4) is 0 Å². The van der Waals surface area contributed by atoms with Crippen molar-refractivity contribution in [2.24, 2.45) is 5.84 Å². The van der Waals surface area contributed by atoms with Crippen LogP contribution in [0.5, 0.6) is 5.75 Å². The maximum atomic E-state index is 5.73. The van der Waals surface area contributed by atoms with Crippen LogP contribution in [0, 0.1) is 0 Å². The molecule has 76 valence electrons. The number of anilines is 1. The van der Waals surface area contributed by atoms with Gasteiger partial charge in [0.2, 0.25) is 0 Å². The molecule has 0 fully saturated rings. The lowest BCUT2D eigenvalue weighted by atomic mass is 10.3. The van der Waals surface area contributed by atoms with Crippen LogP contribution in [-0.2, 0) is 0 Å². The molecule has 5 heteroatoms. The third-order valence-electron chi connectivity index (χ3n) is 1.78. The average molecular weight is 211 g/mol. The Bertz CT molecular complexity index is 312. The number of nitrogens with two attached hydrogens (primary N) is 1. The lowest BCUT2D eigenvalue weighted by Gasteiger charge is -2.18. The van der Waals surface area contributed by atoms with Crippen molar-refractivity contribution in [2.45, 2.75) is 0 Å². The number of ether oxygens (including phenoxy) is 1. The number of benzene rings is 1. The summed E-state index contributed by atoms with van der Waals surface area (Å²) in [4.78, 5) is 0. The fourth-order valence-electron chi connectivity index (χ4n) is 0.981. The monoisotopic (exact) mass is 211 g/mol. The lowest BCUT2D eigenvalue weighted by molar-refractivity contribution is 0.415. The van der Waals surface area contributed by atoms with Crippen LogP contribution >= 0.6 is 12.2 Å². The van der Waals surface area contributed by atoms with Crippen molar-refractivity contribution < 1.29 is 4.74 Å². The second-order valence-corrected chi connectivity index (χ2v) is 3.01. The number of hydrogen-bond acceptors (Lipinski definition) is 3. The first-order chi connectivity index (χ1) is 6.69. The van der Waals surface area contributed by atoms with Gasteiger partial charge in [0.25, 0.3) is 0 Å². The van der Waals surface area contributed by atoms with E-state index in [4.69, 9.17) is 22.8 Å². The van der Waals surface area contributed by atoms with Crippen LogP contribution in [0.4, 0.5) is 5.69 Å². The van der Waals surface area contributed by atoms with Gasteiger partial charge in [-0.15, -0.1) is 0 Å². The van der Waals surface area contributed by atoms with Gasteiger partial charge in [0.05, 0.1) is 12.8 Å². The van der Waals surface area contributed by atoms with Gasteiger partial charge in [0.1, 0.15) is 5.75 Å². The van der Waals surface area contributed by atoms with Crippen molar-refractivity contribution >= 4 is 23.0 Å². The van der Waals surface area contributed by atoms with E-state index in [0.717, 1.165) is 11.4 Å². The second-order valence-electron chi connectivity index (χ2n) is 2.62.